The Kier molecular flexibility index (Phi) is 4.99. The first-order chi connectivity index (χ1) is 11.8. The Morgan fingerprint density at radius 1 is 1.12 bits per heavy atom. The molecule has 1 N–H and O–H groups in total. The molecule has 1 aliphatic heterocycles. The minimum Gasteiger partial charge on any atom is -0.376 e. The maximum Gasteiger partial charge on any atom is 0.241 e. The molecule has 0 unspecified atom stereocenters. The van der Waals surface area contributed by atoms with Crippen molar-refractivity contribution >= 4 is 27.3 Å². The van der Waals surface area contributed by atoms with Gasteiger partial charge in [-0.1, -0.05) is 6.07 Å². The molecule has 0 bridgehead atoms. The molecule has 3 rings (SSSR count). The van der Waals surface area contributed by atoms with Crippen LogP contribution in [0.15, 0.2) is 29.2 Å². The summed E-state index contributed by atoms with van der Waals surface area (Å²) in [5.74, 6) is 0.386. The van der Waals surface area contributed by atoms with Crippen LogP contribution in [0, 0.1) is 5.92 Å². The van der Waals surface area contributed by atoms with Crippen molar-refractivity contribution in [3.63, 3.8) is 0 Å². The number of piperazine rings is 1. The molecule has 0 radical (unpaired) electrons. The molecule has 2 fully saturated rings. The zero-order valence-corrected chi connectivity index (χ0v) is 15.1. The van der Waals surface area contributed by atoms with E-state index in [0.717, 1.165) is 19.1 Å². The predicted octanol–water partition coefficient (Wildman–Crippen LogP) is 0.583. The molecule has 2 aliphatic rings. The van der Waals surface area contributed by atoms with Crippen LogP contribution in [-0.2, 0) is 19.4 Å². The van der Waals surface area contributed by atoms with Crippen LogP contribution in [0.5, 0.6) is 0 Å². The molecule has 7 nitrogen and oxygen atoms in total. The highest BCUT2D eigenvalue weighted by atomic mass is 32.2. The summed E-state index contributed by atoms with van der Waals surface area (Å²) in [4.78, 5) is 28.2. The van der Waals surface area contributed by atoms with Gasteiger partial charge in [0.2, 0.25) is 11.8 Å². The van der Waals surface area contributed by atoms with E-state index in [2.05, 4.69) is 5.32 Å². The van der Waals surface area contributed by atoms with E-state index in [9.17, 15) is 18.0 Å². The van der Waals surface area contributed by atoms with E-state index in [-0.39, 0.29) is 29.2 Å². The largest absolute Gasteiger partial charge is 0.376 e. The van der Waals surface area contributed by atoms with E-state index < -0.39 is 9.84 Å². The Morgan fingerprint density at radius 2 is 1.76 bits per heavy atom. The summed E-state index contributed by atoms with van der Waals surface area (Å²) in [6, 6.07) is 6.42. The highest BCUT2D eigenvalue weighted by Gasteiger charge is 2.35. The van der Waals surface area contributed by atoms with Gasteiger partial charge in [-0.15, -0.1) is 0 Å². The number of benzene rings is 1. The Balaban J connectivity index is 1.49. The fourth-order valence-corrected chi connectivity index (χ4v) is 3.56. The molecule has 25 heavy (non-hydrogen) atoms. The van der Waals surface area contributed by atoms with Crippen LogP contribution >= 0.6 is 0 Å². The van der Waals surface area contributed by atoms with Crippen molar-refractivity contribution in [2.75, 3.05) is 44.3 Å². The average Bonchev–Trinajstić information content (AvgIpc) is 3.44. The molecule has 8 heteroatoms. The normalized spacial score (nSPS) is 18.1. The first-order valence-corrected chi connectivity index (χ1v) is 10.3. The number of rotatable bonds is 5. The summed E-state index contributed by atoms with van der Waals surface area (Å²) >= 11 is 0. The van der Waals surface area contributed by atoms with Crippen LogP contribution in [0.1, 0.15) is 12.8 Å². The van der Waals surface area contributed by atoms with Gasteiger partial charge in [0.15, 0.2) is 9.84 Å². The SMILES string of the molecule is CS(=O)(=O)c1cccc(NCC(=O)N2CCN(C(=O)C3CC3)CC2)c1. The zero-order chi connectivity index (χ0) is 18.0. The second-order valence-corrected chi connectivity index (χ2v) is 8.65. The van der Waals surface area contributed by atoms with Crippen LogP contribution in [0.25, 0.3) is 0 Å². The zero-order valence-electron chi connectivity index (χ0n) is 14.3. The van der Waals surface area contributed by atoms with Gasteiger partial charge in [-0.25, -0.2) is 8.42 Å². The lowest BCUT2D eigenvalue weighted by molar-refractivity contribution is -0.139. The Bertz CT molecular complexity index is 766. The predicted molar refractivity (Wildman–Crippen MR) is 93.9 cm³/mol. The number of nitrogens with one attached hydrogen (secondary N) is 1. The topological polar surface area (TPSA) is 86.8 Å². The molecule has 0 atom stereocenters. The van der Waals surface area contributed by atoms with Crippen LogP contribution in [0.2, 0.25) is 0 Å². The van der Waals surface area contributed by atoms with Gasteiger partial charge in [-0.2, -0.15) is 0 Å². The van der Waals surface area contributed by atoms with E-state index in [1.165, 1.54) is 12.1 Å². The van der Waals surface area contributed by atoms with Crippen molar-refractivity contribution in [3.05, 3.63) is 24.3 Å². The summed E-state index contributed by atoms with van der Waals surface area (Å²) in [5.41, 5.74) is 0.596. The number of hydrogen-bond donors (Lipinski definition) is 1. The van der Waals surface area contributed by atoms with Crippen molar-refractivity contribution in [2.45, 2.75) is 17.7 Å². The lowest BCUT2D eigenvalue weighted by Gasteiger charge is -2.35. The van der Waals surface area contributed by atoms with Gasteiger partial charge in [0.25, 0.3) is 0 Å². The monoisotopic (exact) mass is 365 g/mol. The van der Waals surface area contributed by atoms with Crippen LogP contribution in [-0.4, -0.2) is 69.0 Å². The maximum absolute atomic E-state index is 12.3. The van der Waals surface area contributed by atoms with E-state index in [4.69, 9.17) is 0 Å². The second kappa shape index (κ2) is 7.03. The Morgan fingerprint density at radius 3 is 2.36 bits per heavy atom. The molecule has 1 heterocycles. The molecule has 136 valence electrons. The average molecular weight is 365 g/mol. The summed E-state index contributed by atoms with van der Waals surface area (Å²) in [7, 11) is -3.27. The van der Waals surface area contributed by atoms with Gasteiger partial charge in [0, 0.05) is 44.0 Å². The van der Waals surface area contributed by atoms with Crippen molar-refractivity contribution in [1.82, 2.24) is 9.80 Å². The molecule has 1 aromatic carbocycles. The van der Waals surface area contributed by atoms with Gasteiger partial charge in [0.1, 0.15) is 0 Å². The van der Waals surface area contributed by atoms with Gasteiger partial charge >= 0.3 is 0 Å². The van der Waals surface area contributed by atoms with Crippen molar-refractivity contribution < 1.29 is 18.0 Å². The minimum absolute atomic E-state index is 0.0525. The van der Waals surface area contributed by atoms with Gasteiger partial charge < -0.3 is 15.1 Å². The van der Waals surface area contributed by atoms with Crippen molar-refractivity contribution in [3.8, 4) is 0 Å². The lowest BCUT2D eigenvalue weighted by atomic mass is 10.2. The quantitative estimate of drug-likeness (QED) is 0.825. The molecule has 2 amide bonds. The highest BCUT2D eigenvalue weighted by Crippen LogP contribution is 2.31. The number of nitrogens with zero attached hydrogens (tertiary/aromatic N) is 2. The third kappa shape index (κ3) is 4.50. The summed E-state index contributed by atoms with van der Waals surface area (Å²) in [6.07, 6.45) is 3.14. The van der Waals surface area contributed by atoms with E-state index in [1.807, 2.05) is 4.90 Å². The van der Waals surface area contributed by atoms with Crippen molar-refractivity contribution in [1.29, 1.82) is 0 Å². The van der Waals surface area contributed by atoms with Crippen LogP contribution in [0.3, 0.4) is 0 Å². The van der Waals surface area contributed by atoms with E-state index in [1.54, 1.807) is 17.0 Å². The number of anilines is 1. The second-order valence-electron chi connectivity index (χ2n) is 6.63. The van der Waals surface area contributed by atoms with Crippen molar-refractivity contribution in [2.24, 2.45) is 5.92 Å². The number of carbonyl (C=O) groups excluding carboxylic acids is 2. The molecule has 1 aromatic rings. The first kappa shape index (κ1) is 17.7. The number of amides is 2. The number of carbonyl (C=O) groups is 2. The number of hydrogen-bond acceptors (Lipinski definition) is 5. The summed E-state index contributed by atoms with van der Waals surface area (Å²) in [6.45, 7) is 2.36. The van der Waals surface area contributed by atoms with Gasteiger partial charge in [-0.05, 0) is 31.0 Å². The molecular weight excluding hydrogens is 342 g/mol. The summed E-state index contributed by atoms with van der Waals surface area (Å²) < 4.78 is 23.1. The summed E-state index contributed by atoms with van der Waals surface area (Å²) in [5, 5.41) is 2.98. The fourth-order valence-electron chi connectivity index (χ4n) is 2.89. The standard InChI is InChI=1S/C17H23N3O4S/c1-25(23,24)15-4-2-3-14(11-15)18-12-16(21)19-7-9-20(10-8-19)17(22)13-5-6-13/h2-4,11,13,18H,5-10,12H2,1H3. The third-order valence-corrected chi connectivity index (χ3v) is 5.69. The molecule has 1 aliphatic carbocycles. The number of sulfone groups is 1. The van der Waals surface area contributed by atoms with E-state index >= 15 is 0 Å². The molecular formula is C17H23N3O4S. The lowest BCUT2D eigenvalue weighted by Crippen LogP contribution is -2.52. The Hall–Kier alpha value is -2.09. The Labute approximate surface area is 147 Å². The fraction of sp³-hybridized carbons (Fsp3) is 0.529. The van der Waals surface area contributed by atoms with Gasteiger partial charge in [0.05, 0.1) is 11.4 Å². The minimum atomic E-state index is -3.27. The molecule has 0 spiro atoms. The maximum atomic E-state index is 12.3. The smallest absolute Gasteiger partial charge is 0.241 e. The van der Waals surface area contributed by atoms with Crippen LogP contribution in [0.4, 0.5) is 5.69 Å². The van der Waals surface area contributed by atoms with E-state index in [0.29, 0.717) is 31.9 Å². The third-order valence-electron chi connectivity index (χ3n) is 4.58. The molecule has 1 saturated heterocycles. The highest BCUT2D eigenvalue weighted by molar-refractivity contribution is 7.90. The molecule has 1 saturated carbocycles. The first-order valence-electron chi connectivity index (χ1n) is 8.45. The van der Waals surface area contributed by atoms with Gasteiger partial charge in [-0.3, -0.25) is 9.59 Å². The van der Waals surface area contributed by atoms with Crippen LogP contribution < -0.4 is 5.32 Å². The molecule has 0 aromatic heterocycles.